The SMILES string of the molecule is CCC1CCC(N2CCCC2(CC)C(=O)O)C1. The minimum absolute atomic E-state index is 0.526. The van der Waals surface area contributed by atoms with E-state index in [9.17, 15) is 9.90 Å². The van der Waals surface area contributed by atoms with Crippen molar-refractivity contribution < 1.29 is 9.90 Å². The van der Waals surface area contributed by atoms with Crippen LogP contribution in [0.4, 0.5) is 0 Å². The second-order valence-corrected chi connectivity index (χ2v) is 5.73. The molecule has 0 bridgehead atoms. The fourth-order valence-corrected chi connectivity index (χ4v) is 3.89. The van der Waals surface area contributed by atoms with Crippen molar-refractivity contribution in [3.05, 3.63) is 0 Å². The van der Waals surface area contributed by atoms with Crippen LogP contribution in [0.3, 0.4) is 0 Å². The smallest absolute Gasteiger partial charge is 0.324 e. The number of hydrogen-bond donors (Lipinski definition) is 1. The molecule has 0 radical (unpaired) electrons. The molecule has 1 N–H and O–H groups in total. The minimum atomic E-state index is -0.600. The molecule has 3 nitrogen and oxygen atoms in total. The van der Waals surface area contributed by atoms with Gasteiger partial charge >= 0.3 is 5.97 Å². The fraction of sp³-hybridized carbons (Fsp3) is 0.929. The van der Waals surface area contributed by atoms with E-state index in [0.717, 1.165) is 31.7 Å². The van der Waals surface area contributed by atoms with Crippen molar-refractivity contribution in [1.82, 2.24) is 4.90 Å². The van der Waals surface area contributed by atoms with Gasteiger partial charge in [0, 0.05) is 6.04 Å². The van der Waals surface area contributed by atoms with Gasteiger partial charge in [-0.3, -0.25) is 9.69 Å². The first-order chi connectivity index (χ1) is 8.14. The molecule has 0 aromatic carbocycles. The van der Waals surface area contributed by atoms with Crippen molar-refractivity contribution in [3.63, 3.8) is 0 Å². The van der Waals surface area contributed by atoms with E-state index in [4.69, 9.17) is 0 Å². The van der Waals surface area contributed by atoms with Gasteiger partial charge in [0.05, 0.1) is 0 Å². The van der Waals surface area contributed by atoms with Crippen LogP contribution in [0.1, 0.15) is 58.8 Å². The van der Waals surface area contributed by atoms with E-state index in [1.165, 1.54) is 25.7 Å². The van der Waals surface area contributed by atoms with E-state index in [0.29, 0.717) is 6.04 Å². The van der Waals surface area contributed by atoms with E-state index in [2.05, 4.69) is 11.8 Å². The lowest BCUT2D eigenvalue weighted by atomic mass is 9.91. The maximum absolute atomic E-state index is 11.6. The second-order valence-electron chi connectivity index (χ2n) is 5.73. The summed E-state index contributed by atoms with van der Waals surface area (Å²) in [7, 11) is 0. The summed E-state index contributed by atoms with van der Waals surface area (Å²) in [5.74, 6) is 0.224. The standard InChI is InChI=1S/C14H25NO2/c1-3-11-6-7-12(10-11)15-9-5-8-14(15,4-2)13(16)17/h11-12H,3-10H2,1-2H3,(H,16,17). The van der Waals surface area contributed by atoms with Crippen molar-refractivity contribution >= 4 is 5.97 Å². The first-order valence-corrected chi connectivity index (χ1v) is 7.14. The Balaban J connectivity index is 2.12. The van der Waals surface area contributed by atoms with E-state index in [1.54, 1.807) is 0 Å². The summed E-state index contributed by atoms with van der Waals surface area (Å²) in [6, 6.07) is 0.526. The lowest BCUT2D eigenvalue weighted by Gasteiger charge is -2.38. The zero-order chi connectivity index (χ0) is 12.5. The Morgan fingerprint density at radius 3 is 2.71 bits per heavy atom. The van der Waals surface area contributed by atoms with Gasteiger partial charge in [-0.15, -0.1) is 0 Å². The van der Waals surface area contributed by atoms with Gasteiger partial charge in [-0.1, -0.05) is 20.3 Å². The molecule has 2 rings (SSSR count). The van der Waals surface area contributed by atoms with Crippen LogP contribution in [-0.4, -0.2) is 34.1 Å². The normalized spacial score (nSPS) is 38.7. The summed E-state index contributed by atoms with van der Waals surface area (Å²) < 4.78 is 0. The molecule has 1 aliphatic heterocycles. The van der Waals surface area contributed by atoms with Crippen molar-refractivity contribution in [2.75, 3.05) is 6.54 Å². The summed E-state index contributed by atoms with van der Waals surface area (Å²) in [4.78, 5) is 14.0. The number of rotatable bonds is 4. The molecule has 1 saturated heterocycles. The van der Waals surface area contributed by atoms with Gasteiger partial charge in [0.15, 0.2) is 0 Å². The highest BCUT2D eigenvalue weighted by Crippen LogP contribution is 2.41. The first-order valence-electron chi connectivity index (χ1n) is 7.14. The van der Waals surface area contributed by atoms with E-state index < -0.39 is 11.5 Å². The molecule has 0 aromatic heterocycles. The number of carbonyl (C=O) groups is 1. The Hall–Kier alpha value is -0.570. The van der Waals surface area contributed by atoms with Crippen LogP contribution < -0.4 is 0 Å². The molecule has 1 saturated carbocycles. The third-order valence-corrected chi connectivity index (χ3v) is 5.05. The highest BCUT2D eigenvalue weighted by atomic mass is 16.4. The molecule has 3 unspecified atom stereocenters. The average molecular weight is 239 g/mol. The average Bonchev–Trinajstić information content (AvgIpc) is 2.95. The van der Waals surface area contributed by atoms with Crippen LogP contribution in [0.15, 0.2) is 0 Å². The van der Waals surface area contributed by atoms with Crippen LogP contribution >= 0.6 is 0 Å². The third-order valence-electron chi connectivity index (χ3n) is 5.05. The van der Waals surface area contributed by atoms with E-state index >= 15 is 0 Å². The van der Waals surface area contributed by atoms with Crippen LogP contribution in [0.2, 0.25) is 0 Å². The molecule has 98 valence electrons. The Morgan fingerprint density at radius 2 is 2.18 bits per heavy atom. The molecular formula is C14H25NO2. The molecule has 17 heavy (non-hydrogen) atoms. The number of carboxylic acid groups (broad SMARTS) is 1. The molecule has 3 atom stereocenters. The number of hydrogen-bond acceptors (Lipinski definition) is 2. The molecule has 0 spiro atoms. The fourth-order valence-electron chi connectivity index (χ4n) is 3.89. The Labute approximate surface area is 104 Å². The third kappa shape index (κ3) is 2.10. The quantitative estimate of drug-likeness (QED) is 0.820. The summed E-state index contributed by atoms with van der Waals surface area (Å²) in [6.07, 6.45) is 7.59. The van der Waals surface area contributed by atoms with Crippen molar-refractivity contribution in [1.29, 1.82) is 0 Å². The van der Waals surface area contributed by atoms with Crippen LogP contribution in [-0.2, 0) is 4.79 Å². The van der Waals surface area contributed by atoms with Crippen LogP contribution in [0.5, 0.6) is 0 Å². The van der Waals surface area contributed by atoms with Gasteiger partial charge in [0.25, 0.3) is 0 Å². The Kier molecular flexibility index (Phi) is 3.76. The number of nitrogens with zero attached hydrogens (tertiary/aromatic N) is 1. The first kappa shape index (κ1) is 12.9. The second kappa shape index (κ2) is 4.97. The predicted molar refractivity (Wildman–Crippen MR) is 68.0 cm³/mol. The topological polar surface area (TPSA) is 40.5 Å². The monoisotopic (exact) mass is 239 g/mol. The lowest BCUT2D eigenvalue weighted by Crippen LogP contribution is -2.53. The van der Waals surface area contributed by atoms with Gasteiger partial charge in [-0.2, -0.15) is 0 Å². The summed E-state index contributed by atoms with van der Waals surface area (Å²) in [5, 5.41) is 9.58. The number of carboxylic acids is 1. The lowest BCUT2D eigenvalue weighted by molar-refractivity contribution is -0.151. The molecule has 1 aliphatic carbocycles. The molecule has 2 aliphatic rings. The Bertz CT molecular complexity index is 292. The minimum Gasteiger partial charge on any atom is -0.480 e. The maximum atomic E-state index is 11.6. The van der Waals surface area contributed by atoms with E-state index in [-0.39, 0.29) is 0 Å². The molecule has 0 amide bonds. The van der Waals surface area contributed by atoms with Crippen molar-refractivity contribution in [2.45, 2.75) is 70.4 Å². The van der Waals surface area contributed by atoms with Gasteiger partial charge in [-0.05, 0) is 51.0 Å². The maximum Gasteiger partial charge on any atom is 0.324 e. The predicted octanol–water partition coefficient (Wildman–Crippen LogP) is 2.89. The molecular weight excluding hydrogens is 214 g/mol. The summed E-state index contributed by atoms with van der Waals surface area (Å²) in [5.41, 5.74) is -0.548. The van der Waals surface area contributed by atoms with Gasteiger partial charge in [0.2, 0.25) is 0 Å². The van der Waals surface area contributed by atoms with E-state index in [1.807, 2.05) is 6.92 Å². The van der Waals surface area contributed by atoms with Crippen molar-refractivity contribution in [3.8, 4) is 0 Å². The molecule has 2 fully saturated rings. The van der Waals surface area contributed by atoms with Gasteiger partial charge < -0.3 is 5.11 Å². The zero-order valence-corrected chi connectivity index (χ0v) is 11.1. The molecule has 3 heteroatoms. The van der Waals surface area contributed by atoms with Crippen LogP contribution in [0.25, 0.3) is 0 Å². The summed E-state index contributed by atoms with van der Waals surface area (Å²) in [6.45, 7) is 5.27. The Morgan fingerprint density at radius 1 is 1.41 bits per heavy atom. The van der Waals surface area contributed by atoms with Crippen LogP contribution in [0, 0.1) is 5.92 Å². The number of likely N-dealkylation sites (tertiary alicyclic amines) is 1. The molecule has 1 heterocycles. The van der Waals surface area contributed by atoms with Crippen molar-refractivity contribution in [2.24, 2.45) is 5.92 Å². The van der Waals surface area contributed by atoms with Gasteiger partial charge in [0.1, 0.15) is 5.54 Å². The zero-order valence-electron chi connectivity index (χ0n) is 11.1. The largest absolute Gasteiger partial charge is 0.480 e. The number of aliphatic carboxylic acids is 1. The molecule has 0 aromatic rings. The highest BCUT2D eigenvalue weighted by molar-refractivity contribution is 5.79. The highest BCUT2D eigenvalue weighted by Gasteiger charge is 2.49. The summed E-state index contributed by atoms with van der Waals surface area (Å²) >= 11 is 0. The van der Waals surface area contributed by atoms with Gasteiger partial charge in [-0.25, -0.2) is 0 Å².